The van der Waals surface area contributed by atoms with Crippen LogP contribution in [0.25, 0.3) is 0 Å². The summed E-state index contributed by atoms with van der Waals surface area (Å²) >= 11 is 9.55. The molecule has 0 spiro atoms. The van der Waals surface area contributed by atoms with Gasteiger partial charge in [-0.3, -0.25) is 5.41 Å². The number of nitrogen functional groups attached to an aromatic ring is 1. The first kappa shape index (κ1) is 13.9. The van der Waals surface area contributed by atoms with E-state index in [1.54, 1.807) is 18.2 Å². The third-order valence-electron chi connectivity index (χ3n) is 2.58. The molecule has 0 aliphatic rings. The Labute approximate surface area is 125 Å². The molecule has 3 nitrogen and oxygen atoms in total. The van der Waals surface area contributed by atoms with E-state index < -0.39 is 0 Å². The highest BCUT2D eigenvalue weighted by Gasteiger charge is 2.06. The molecule has 2 aromatic rings. The van der Waals surface area contributed by atoms with Gasteiger partial charge in [0.15, 0.2) is 0 Å². The smallest absolute Gasteiger partial charge is 0.138 e. The third kappa shape index (κ3) is 3.49. The summed E-state index contributed by atoms with van der Waals surface area (Å²) < 4.78 is 6.66. The number of ether oxygens (including phenoxy) is 1. The summed E-state index contributed by atoms with van der Waals surface area (Å²) in [7, 11) is 0. The second-order valence-electron chi connectivity index (χ2n) is 3.94. The topological polar surface area (TPSA) is 59.1 Å². The number of halogens is 2. The molecule has 0 aliphatic carbocycles. The number of nitrogens with one attached hydrogen (secondary N) is 1. The molecule has 5 heteroatoms. The van der Waals surface area contributed by atoms with Gasteiger partial charge >= 0.3 is 0 Å². The molecule has 0 bridgehead atoms. The summed E-state index contributed by atoms with van der Waals surface area (Å²) in [6, 6.07) is 12.9. The van der Waals surface area contributed by atoms with Crippen LogP contribution in [0.3, 0.4) is 0 Å². The van der Waals surface area contributed by atoms with Crippen LogP contribution in [0.4, 0.5) is 0 Å². The molecular weight excluding hydrogens is 328 g/mol. The molecule has 0 unspecified atom stereocenters. The van der Waals surface area contributed by atoms with E-state index in [1.807, 2.05) is 24.3 Å². The first-order valence-electron chi connectivity index (χ1n) is 5.58. The van der Waals surface area contributed by atoms with Crippen molar-refractivity contribution in [2.75, 3.05) is 0 Å². The average molecular weight is 340 g/mol. The summed E-state index contributed by atoms with van der Waals surface area (Å²) in [4.78, 5) is 0. The van der Waals surface area contributed by atoms with Crippen molar-refractivity contribution in [1.29, 1.82) is 5.41 Å². The van der Waals surface area contributed by atoms with Crippen molar-refractivity contribution in [2.45, 2.75) is 6.61 Å². The number of rotatable bonds is 4. The van der Waals surface area contributed by atoms with E-state index in [0.717, 1.165) is 10.0 Å². The molecule has 0 saturated carbocycles. The van der Waals surface area contributed by atoms with Crippen LogP contribution in [0.1, 0.15) is 11.1 Å². The van der Waals surface area contributed by atoms with Gasteiger partial charge in [0.25, 0.3) is 0 Å². The fourth-order valence-corrected chi connectivity index (χ4v) is 2.19. The molecule has 0 saturated heterocycles. The predicted molar refractivity (Wildman–Crippen MR) is 80.9 cm³/mol. The van der Waals surface area contributed by atoms with Crippen molar-refractivity contribution in [1.82, 2.24) is 0 Å². The summed E-state index contributed by atoms with van der Waals surface area (Å²) in [5, 5.41) is 7.78. The standard InChI is InChI=1S/C14H12BrClN2O/c15-11-4-2-1-3-10(11)8-19-13-6-5-9(14(17)18)7-12(13)16/h1-7H,8H2,(H3,17,18). The molecule has 0 radical (unpaired) electrons. The maximum Gasteiger partial charge on any atom is 0.138 e. The van der Waals surface area contributed by atoms with Crippen molar-refractivity contribution in [3.8, 4) is 5.75 Å². The zero-order valence-corrected chi connectivity index (χ0v) is 12.3. The number of hydrogen-bond donors (Lipinski definition) is 2. The van der Waals surface area contributed by atoms with Gasteiger partial charge in [0, 0.05) is 15.6 Å². The normalized spacial score (nSPS) is 10.2. The Morgan fingerprint density at radius 2 is 2.00 bits per heavy atom. The van der Waals surface area contributed by atoms with Gasteiger partial charge in [-0.1, -0.05) is 45.7 Å². The second kappa shape index (κ2) is 6.08. The highest BCUT2D eigenvalue weighted by atomic mass is 79.9. The van der Waals surface area contributed by atoms with Crippen molar-refractivity contribution < 1.29 is 4.74 Å². The molecule has 0 aliphatic heterocycles. The molecule has 98 valence electrons. The van der Waals surface area contributed by atoms with Gasteiger partial charge in [-0.2, -0.15) is 0 Å². The van der Waals surface area contributed by atoms with E-state index in [2.05, 4.69) is 15.9 Å². The van der Waals surface area contributed by atoms with Gasteiger partial charge < -0.3 is 10.5 Å². The quantitative estimate of drug-likeness (QED) is 0.654. The van der Waals surface area contributed by atoms with Crippen molar-refractivity contribution in [2.24, 2.45) is 5.73 Å². The maximum atomic E-state index is 7.34. The van der Waals surface area contributed by atoms with E-state index in [4.69, 9.17) is 27.5 Å². The lowest BCUT2D eigenvalue weighted by Gasteiger charge is -2.10. The highest BCUT2D eigenvalue weighted by Crippen LogP contribution is 2.27. The van der Waals surface area contributed by atoms with Crippen molar-refractivity contribution in [3.05, 3.63) is 63.1 Å². The lowest BCUT2D eigenvalue weighted by molar-refractivity contribution is 0.305. The predicted octanol–water partition coefficient (Wildman–Crippen LogP) is 3.97. The third-order valence-corrected chi connectivity index (χ3v) is 3.65. The maximum absolute atomic E-state index is 7.34. The average Bonchev–Trinajstić information content (AvgIpc) is 2.39. The Morgan fingerprint density at radius 3 is 2.63 bits per heavy atom. The second-order valence-corrected chi connectivity index (χ2v) is 5.20. The van der Waals surface area contributed by atoms with E-state index >= 15 is 0 Å². The van der Waals surface area contributed by atoms with Gasteiger partial charge in [0.2, 0.25) is 0 Å². The number of amidine groups is 1. The Kier molecular flexibility index (Phi) is 4.45. The Balaban J connectivity index is 2.12. The Bertz CT molecular complexity index is 616. The Morgan fingerprint density at radius 1 is 1.26 bits per heavy atom. The van der Waals surface area contributed by atoms with Crippen LogP contribution in [0, 0.1) is 5.41 Å². The molecule has 19 heavy (non-hydrogen) atoms. The zero-order chi connectivity index (χ0) is 13.8. The molecular formula is C14H12BrClN2O. The van der Waals surface area contributed by atoms with Crippen LogP contribution in [-0.4, -0.2) is 5.84 Å². The summed E-state index contributed by atoms with van der Waals surface area (Å²) in [5.41, 5.74) is 7.01. The zero-order valence-electron chi connectivity index (χ0n) is 9.99. The van der Waals surface area contributed by atoms with Crippen LogP contribution < -0.4 is 10.5 Å². The minimum Gasteiger partial charge on any atom is -0.487 e. The number of benzene rings is 2. The first-order valence-corrected chi connectivity index (χ1v) is 6.75. The molecule has 0 heterocycles. The molecule has 0 atom stereocenters. The molecule has 3 N–H and O–H groups in total. The molecule has 0 fully saturated rings. The van der Waals surface area contributed by atoms with Gasteiger partial charge in [0.1, 0.15) is 18.2 Å². The summed E-state index contributed by atoms with van der Waals surface area (Å²) in [5.74, 6) is 0.557. The highest BCUT2D eigenvalue weighted by molar-refractivity contribution is 9.10. The van der Waals surface area contributed by atoms with Crippen LogP contribution in [0.15, 0.2) is 46.9 Å². The van der Waals surface area contributed by atoms with Crippen LogP contribution in [-0.2, 0) is 6.61 Å². The first-order chi connectivity index (χ1) is 9.08. The van der Waals surface area contributed by atoms with Gasteiger partial charge in [-0.15, -0.1) is 0 Å². The van der Waals surface area contributed by atoms with E-state index in [0.29, 0.717) is 22.9 Å². The fourth-order valence-electron chi connectivity index (χ4n) is 1.56. The molecule has 2 aromatic carbocycles. The fraction of sp³-hybridized carbons (Fsp3) is 0.0714. The van der Waals surface area contributed by atoms with Gasteiger partial charge in [-0.05, 0) is 24.3 Å². The SMILES string of the molecule is N=C(N)c1ccc(OCc2ccccc2Br)c(Cl)c1. The van der Waals surface area contributed by atoms with Gasteiger partial charge in [-0.25, -0.2) is 0 Å². The summed E-state index contributed by atoms with van der Waals surface area (Å²) in [6.45, 7) is 0.417. The lowest BCUT2D eigenvalue weighted by atomic mass is 10.2. The van der Waals surface area contributed by atoms with E-state index in [9.17, 15) is 0 Å². The van der Waals surface area contributed by atoms with Crippen LogP contribution in [0.5, 0.6) is 5.75 Å². The molecule has 0 aromatic heterocycles. The van der Waals surface area contributed by atoms with E-state index in [-0.39, 0.29) is 5.84 Å². The molecule has 2 rings (SSSR count). The van der Waals surface area contributed by atoms with Crippen molar-refractivity contribution >= 4 is 33.4 Å². The van der Waals surface area contributed by atoms with Crippen molar-refractivity contribution in [3.63, 3.8) is 0 Å². The Hall–Kier alpha value is -1.52. The number of nitrogens with two attached hydrogens (primary N) is 1. The van der Waals surface area contributed by atoms with Crippen LogP contribution >= 0.6 is 27.5 Å². The largest absolute Gasteiger partial charge is 0.487 e. The van der Waals surface area contributed by atoms with E-state index in [1.165, 1.54) is 0 Å². The molecule has 0 amide bonds. The summed E-state index contributed by atoms with van der Waals surface area (Å²) in [6.07, 6.45) is 0. The van der Waals surface area contributed by atoms with Crippen LogP contribution in [0.2, 0.25) is 5.02 Å². The monoisotopic (exact) mass is 338 g/mol. The number of hydrogen-bond acceptors (Lipinski definition) is 2. The van der Waals surface area contributed by atoms with Gasteiger partial charge in [0.05, 0.1) is 5.02 Å². The minimum atomic E-state index is -0.0146. The minimum absolute atomic E-state index is 0.0146. The lowest BCUT2D eigenvalue weighted by Crippen LogP contribution is -2.10.